The molecule has 1 aliphatic rings. The molecule has 0 radical (unpaired) electrons. The number of carbonyl (C=O) groups excluding carboxylic acids is 1. The molecule has 0 saturated carbocycles. The van der Waals surface area contributed by atoms with Gasteiger partial charge in [-0.15, -0.1) is 5.48 Å². The number of aromatic nitrogens is 1. The average molecular weight is 230 g/mol. The largest absolute Gasteiger partial charge is 0.370 e. The third-order valence-corrected chi connectivity index (χ3v) is 3.51. The minimum absolute atomic E-state index is 0.197. The minimum Gasteiger partial charge on any atom is -0.370 e. The van der Waals surface area contributed by atoms with Gasteiger partial charge in [-0.25, -0.2) is 0 Å². The Bertz CT molecular complexity index is 576. The molecule has 88 valence electrons. The second kappa shape index (κ2) is 3.60. The molecule has 1 saturated heterocycles. The molecule has 0 bridgehead atoms. The molecule has 1 fully saturated rings. The summed E-state index contributed by atoms with van der Waals surface area (Å²) in [5.41, 5.74) is 4.68. The summed E-state index contributed by atoms with van der Waals surface area (Å²) < 4.78 is 0. The van der Waals surface area contributed by atoms with Crippen molar-refractivity contribution in [1.29, 1.82) is 0 Å². The van der Waals surface area contributed by atoms with Crippen LogP contribution < -0.4 is 5.48 Å². The third kappa shape index (κ3) is 1.45. The highest BCUT2D eigenvalue weighted by molar-refractivity contribution is 5.85. The number of benzene rings is 1. The molecule has 4 heteroatoms. The fourth-order valence-corrected chi connectivity index (χ4v) is 2.48. The third-order valence-electron chi connectivity index (χ3n) is 3.51. The Morgan fingerprint density at radius 3 is 2.94 bits per heavy atom. The summed E-state index contributed by atoms with van der Waals surface area (Å²) in [6.07, 6.45) is 3.15. The zero-order valence-electron chi connectivity index (χ0n) is 9.62. The van der Waals surface area contributed by atoms with Crippen molar-refractivity contribution < 1.29 is 9.63 Å². The zero-order valence-corrected chi connectivity index (χ0v) is 9.62. The highest BCUT2D eigenvalue weighted by Crippen LogP contribution is 2.37. The first-order chi connectivity index (χ1) is 8.25. The topological polar surface area (TPSA) is 54.1 Å². The van der Waals surface area contributed by atoms with E-state index in [-0.39, 0.29) is 5.97 Å². The van der Waals surface area contributed by atoms with E-state index in [1.165, 1.54) is 0 Å². The molecule has 0 spiro atoms. The Labute approximate surface area is 98.9 Å². The molecule has 2 aromatic rings. The number of hydrogen-bond donors (Lipinski definition) is 2. The van der Waals surface area contributed by atoms with Crippen molar-refractivity contribution in [2.45, 2.75) is 25.3 Å². The Morgan fingerprint density at radius 1 is 1.41 bits per heavy atom. The van der Waals surface area contributed by atoms with Crippen molar-refractivity contribution in [3.8, 4) is 0 Å². The van der Waals surface area contributed by atoms with Crippen molar-refractivity contribution in [1.82, 2.24) is 10.5 Å². The van der Waals surface area contributed by atoms with E-state index in [0.29, 0.717) is 6.42 Å². The number of rotatable bonds is 2. The number of H-pyrrole nitrogens is 1. The minimum atomic E-state index is -0.392. The van der Waals surface area contributed by atoms with Gasteiger partial charge in [0, 0.05) is 22.7 Å². The van der Waals surface area contributed by atoms with E-state index in [2.05, 4.69) is 23.5 Å². The van der Waals surface area contributed by atoms with Crippen LogP contribution in [0, 0.1) is 0 Å². The number of para-hydroxylation sites is 1. The molecular formula is C13H14N2O2. The monoisotopic (exact) mass is 230 g/mol. The van der Waals surface area contributed by atoms with E-state index in [1.54, 1.807) is 0 Å². The van der Waals surface area contributed by atoms with Crippen molar-refractivity contribution >= 4 is 16.9 Å². The SMILES string of the molecule is CCC1(c2c[nH]c3ccccc23)CC(=O)ON1. The van der Waals surface area contributed by atoms with Crippen LogP contribution in [0.15, 0.2) is 30.5 Å². The smallest absolute Gasteiger partial charge is 0.327 e. The van der Waals surface area contributed by atoms with Crippen molar-refractivity contribution in [2.75, 3.05) is 0 Å². The lowest BCUT2D eigenvalue weighted by molar-refractivity contribution is -0.143. The molecule has 0 amide bonds. The number of hydroxylamine groups is 1. The predicted molar refractivity (Wildman–Crippen MR) is 64.1 cm³/mol. The number of hydrogen-bond acceptors (Lipinski definition) is 3. The van der Waals surface area contributed by atoms with Gasteiger partial charge in [0.2, 0.25) is 0 Å². The number of aromatic amines is 1. The number of nitrogens with one attached hydrogen (secondary N) is 2. The lowest BCUT2D eigenvalue weighted by Crippen LogP contribution is -2.35. The molecule has 3 rings (SSSR count). The van der Waals surface area contributed by atoms with Gasteiger partial charge in [-0.1, -0.05) is 25.1 Å². The average Bonchev–Trinajstić information content (AvgIpc) is 2.93. The fourth-order valence-electron chi connectivity index (χ4n) is 2.48. The van der Waals surface area contributed by atoms with Gasteiger partial charge in [-0.05, 0) is 12.5 Å². The highest BCUT2D eigenvalue weighted by atomic mass is 16.7. The molecule has 1 aromatic heterocycles. The van der Waals surface area contributed by atoms with E-state index in [9.17, 15) is 4.79 Å². The maximum Gasteiger partial charge on any atom is 0.327 e. The zero-order chi connectivity index (χ0) is 11.9. The molecule has 2 heterocycles. The second-order valence-electron chi connectivity index (χ2n) is 4.44. The van der Waals surface area contributed by atoms with E-state index >= 15 is 0 Å². The Hall–Kier alpha value is -1.81. The van der Waals surface area contributed by atoms with Gasteiger partial charge in [-0.3, -0.25) is 4.79 Å². The lowest BCUT2D eigenvalue weighted by Gasteiger charge is -2.23. The van der Waals surface area contributed by atoms with Crippen LogP contribution in [0.25, 0.3) is 10.9 Å². The first-order valence-corrected chi connectivity index (χ1v) is 5.78. The summed E-state index contributed by atoms with van der Waals surface area (Å²) in [4.78, 5) is 19.5. The van der Waals surface area contributed by atoms with Gasteiger partial charge >= 0.3 is 5.97 Å². The van der Waals surface area contributed by atoms with E-state index in [4.69, 9.17) is 4.84 Å². The maximum absolute atomic E-state index is 11.4. The quantitative estimate of drug-likeness (QED) is 0.831. The van der Waals surface area contributed by atoms with E-state index in [1.807, 2.05) is 24.4 Å². The van der Waals surface area contributed by atoms with Crippen molar-refractivity contribution in [3.63, 3.8) is 0 Å². The van der Waals surface area contributed by atoms with Crippen molar-refractivity contribution in [3.05, 3.63) is 36.0 Å². The van der Waals surface area contributed by atoms with Gasteiger partial charge in [0.25, 0.3) is 0 Å². The van der Waals surface area contributed by atoms with Crippen LogP contribution in [-0.2, 0) is 15.2 Å². The predicted octanol–water partition coefficient (Wildman–Crippen LogP) is 2.22. The first-order valence-electron chi connectivity index (χ1n) is 5.78. The summed E-state index contributed by atoms with van der Waals surface area (Å²) in [6, 6.07) is 8.08. The Kier molecular flexibility index (Phi) is 2.19. The molecule has 1 aromatic carbocycles. The standard InChI is InChI=1S/C13H14N2O2/c1-2-13(7-12(16)17-15-13)10-8-14-11-6-4-3-5-9(10)11/h3-6,8,14-15H,2,7H2,1H3. The Morgan fingerprint density at radius 2 is 2.24 bits per heavy atom. The summed E-state index contributed by atoms with van der Waals surface area (Å²) in [5, 5.41) is 1.14. The summed E-state index contributed by atoms with van der Waals surface area (Å²) >= 11 is 0. The van der Waals surface area contributed by atoms with Crippen LogP contribution in [0.2, 0.25) is 0 Å². The molecule has 0 aliphatic carbocycles. The van der Waals surface area contributed by atoms with Crippen LogP contribution in [0.1, 0.15) is 25.3 Å². The summed E-state index contributed by atoms with van der Waals surface area (Å²) in [6.45, 7) is 2.05. The molecular weight excluding hydrogens is 216 g/mol. The summed E-state index contributed by atoms with van der Waals surface area (Å²) in [7, 11) is 0. The highest BCUT2D eigenvalue weighted by Gasteiger charge is 2.41. The van der Waals surface area contributed by atoms with Gasteiger partial charge in [-0.2, -0.15) is 0 Å². The molecule has 1 atom stereocenters. The van der Waals surface area contributed by atoms with E-state index < -0.39 is 5.54 Å². The van der Waals surface area contributed by atoms with Crippen molar-refractivity contribution in [2.24, 2.45) is 0 Å². The number of fused-ring (bicyclic) bond motifs is 1. The van der Waals surface area contributed by atoms with Crippen LogP contribution >= 0.6 is 0 Å². The lowest BCUT2D eigenvalue weighted by atomic mass is 9.85. The molecule has 17 heavy (non-hydrogen) atoms. The van der Waals surface area contributed by atoms with Crippen LogP contribution in [0.3, 0.4) is 0 Å². The molecule has 1 unspecified atom stereocenters. The molecule has 1 aliphatic heterocycles. The normalized spacial score (nSPS) is 24.2. The fraction of sp³-hybridized carbons (Fsp3) is 0.308. The number of carbonyl (C=O) groups is 1. The van der Waals surface area contributed by atoms with Crippen LogP contribution in [0.4, 0.5) is 0 Å². The van der Waals surface area contributed by atoms with Gasteiger partial charge in [0.1, 0.15) is 0 Å². The van der Waals surface area contributed by atoms with E-state index in [0.717, 1.165) is 22.9 Å². The van der Waals surface area contributed by atoms with Gasteiger partial charge in [0.05, 0.1) is 12.0 Å². The second-order valence-corrected chi connectivity index (χ2v) is 4.44. The molecule has 4 nitrogen and oxygen atoms in total. The summed E-state index contributed by atoms with van der Waals surface area (Å²) in [5.74, 6) is -0.197. The Balaban J connectivity index is 2.16. The van der Waals surface area contributed by atoms with Gasteiger partial charge < -0.3 is 9.82 Å². The maximum atomic E-state index is 11.4. The van der Waals surface area contributed by atoms with Crippen LogP contribution in [-0.4, -0.2) is 11.0 Å². The first kappa shape index (κ1) is 10.4. The van der Waals surface area contributed by atoms with Gasteiger partial charge in [0.15, 0.2) is 0 Å². The molecule has 2 N–H and O–H groups in total. The van der Waals surface area contributed by atoms with Crippen LogP contribution in [0.5, 0.6) is 0 Å².